The third-order valence-electron chi connectivity index (χ3n) is 3.38. The number of hydrogen-bond acceptors (Lipinski definition) is 4. The van der Waals surface area contributed by atoms with Crippen LogP contribution in [0.5, 0.6) is 5.75 Å². The number of aromatic nitrogens is 2. The van der Waals surface area contributed by atoms with Gasteiger partial charge in [0.1, 0.15) is 5.75 Å². The summed E-state index contributed by atoms with van der Waals surface area (Å²) < 4.78 is 5.65. The monoisotopic (exact) mass is 326 g/mol. The van der Waals surface area contributed by atoms with Crippen LogP contribution >= 0.6 is 11.8 Å². The highest BCUT2D eigenvalue weighted by Gasteiger charge is 2.03. The topological polar surface area (TPSA) is 55.0 Å². The highest BCUT2D eigenvalue weighted by atomic mass is 32.2. The number of para-hydroxylation sites is 2. The van der Waals surface area contributed by atoms with Crippen molar-refractivity contribution in [1.82, 2.24) is 9.97 Å². The molecule has 0 radical (unpaired) electrons. The lowest BCUT2D eigenvalue weighted by atomic mass is 10.2. The van der Waals surface area contributed by atoms with E-state index >= 15 is 0 Å². The van der Waals surface area contributed by atoms with E-state index in [1.54, 1.807) is 17.8 Å². The van der Waals surface area contributed by atoms with Crippen LogP contribution < -0.4 is 10.3 Å². The van der Waals surface area contributed by atoms with Crippen molar-refractivity contribution in [2.45, 2.75) is 18.0 Å². The smallest absolute Gasteiger partial charge is 0.259 e. The number of ether oxygens (including phenoxy) is 1. The maximum absolute atomic E-state index is 12.0. The van der Waals surface area contributed by atoms with Crippen molar-refractivity contribution in [1.29, 1.82) is 0 Å². The summed E-state index contributed by atoms with van der Waals surface area (Å²) in [4.78, 5) is 19.3. The van der Waals surface area contributed by atoms with E-state index in [4.69, 9.17) is 4.74 Å². The Hall–Kier alpha value is -2.27. The molecule has 4 nitrogen and oxygen atoms in total. The highest BCUT2D eigenvalue weighted by Crippen LogP contribution is 2.16. The van der Waals surface area contributed by atoms with Gasteiger partial charge in [0.25, 0.3) is 5.56 Å². The summed E-state index contributed by atoms with van der Waals surface area (Å²) in [6.07, 6.45) is 1.98. The van der Waals surface area contributed by atoms with E-state index in [9.17, 15) is 4.79 Å². The van der Waals surface area contributed by atoms with Crippen LogP contribution in [0.3, 0.4) is 0 Å². The number of thioether (sulfide) groups is 1. The lowest BCUT2D eigenvalue weighted by Gasteiger charge is -2.06. The average molecular weight is 326 g/mol. The van der Waals surface area contributed by atoms with Crippen LogP contribution in [-0.4, -0.2) is 22.3 Å². The van der Waals surface area contributed by atoms with Gasteiger partial charge in [-0.15, -0.1) is 0 Å². The van der Waals surface area contributed by atoms with Crippen LogP contribution in [-0.2, 0) is 0 Å². The zero-order chi connectivity index (χ0) is 15.9. The molecule has 0 aliphatic heterocycles. The molecule has 0 fully saturated rings. The predicted octanol–water partition coefficient (Wildman–Crippen LogP) is 3.87. The average Bonchev–Trinajstić information content (AvgIpc) is 2.59. The molecule has 0 atom stereocenters. The Bertz CT molecular complexity index is 818. The second kappa shape index (κ2) is 7.83. The van der Waals surface area contributed by atoms with Gasteiger partial charge in [-0.05, 0) is 37.1 Å². The Morgan fingerprint density at radius 1 is 1.00 bits per heavy atom. The molecule has 0 aliphatic rings. The van der Waals surface area contributed by atoms with Crippen LogP contribution in [0, 0.1) is 0 Å². The van der Waals surface area contributed by atoms with Crippen molar-refractivity contribution in [3.05, 3.63) is 65.0 Å². The maximum atomic E-state index is 12.0. The second-order valence-electron chi connectivity index (χ2n) is 5.11. The number of hydrogen-bond donors (Lipinski definition) is 1. The van der Waals surface area contributed by atoms with Gasteiger partial charge in [0.05, 0.1) is 17.5 Å². The summed E-state index contributed by atoms with van der Waals surface area (Å²) in [6.45, 7) is 0.701. The molecule has 0 unspecified atom stereocenters. The third kappa shape index (κ3) is 4.36. The van der Waals surface area contributed by atoms with Crippen molar-refractivity contribution >= 4 is 22.7 Å². The molecule has 1 heterocycles. The van der Waals surface area contributed by atoms with E-state index in [2.05, 4.69) is 9.97 Å². The number of nitrogens with zero attached hydrogens (tertiary/aromatic N) is 1. The van der Waals surface area contributed by atoms with Crippen LogP contribution in [0.4, 0.5) is 0 Å². The van der Waals surface area contributed by atoms with Gasteiger partial charge in [0.2, 0.25) is 0 Å². The summed E-state index contributed by atoms with van der Waals surface area (Å²) >= 11 is 1.57. The fraction of sp³-hybridized carbons (Fsp3) is 0.222. The first kappa shape index (κ1) is 15.6. The van der Waals surface area contributed by atoms with Crippen LogP contribution in [0.2, 0.25) is 0 Å². The van der Waals surface area contributed by atoms with E-state index in [1.165, 1.54) is 0 Å². The number of unbranched alkanes of at least 4 members (excludes halogenated alkanes) is 1. The molecule has 0 saturated heterocycles. The largest absolute Gasteiger partial charge is 0.494 e. The minimum Gasteiger partial charge on any atom is -0.494 e. The summed E-state index contributed by atoms with van der Waals surface area (Å²) in [5, 5.41) is 1.31. The van der Waals surface area contributed by atoms with E-state index in [0.717, 1.165) is 29.9 Å². The lowest BCUT2D eigenvalue weighted by molar-refractivity contribution is 0.310. The molecular formula is C18H18N2O2S. The number of benzene rings is 2. The predicted molar refractivity (Wildman–Crippen MR) is 94.3 cm³/mol. The Morgan fingerprint density at radius 3 is 2.65 bits per heavy atom. The summed E-state index contributed by atoms with van der Waals surface area (Å²) in [5.74, 6) is 1.81. The molecule has 118 valence electrons. The van der Waals surface area contributed by atoms with Gasteiger partial charge < -0.3 is 9.72 Å². The first-order valence-electron chi connectivity index (χ1n) is 7.62. The van der Waals surface area contributed by atoms with Crippen LogP contribution in [0.15, 0.2) is 64.5 Å². The van der Waals surface area contributed by atoms with Crippen molar-refractivity contribution in [2.75, 3.05) is 12.4 Å². The van der Waals surface area contributed by atoms with Crippen molar-refractivity contribution in [2.24, 2.45) is 0 Å². The van der Waals surface area contributed by atoms with E-state index in [0.29, 0.717) is 17.1 Å². The van der Waals surface area contributed by atoms with Gasteiger partial charge in [0, 0.05) is 5.75 Å². The maximum Gasteiger partial charge on any atom is 0.259 e. The van der Waals surface area contributed by atoms with E-state index in [-0.39, 0.29) is 5.56 Å². The zero-order valence-electron chi connectivity index (χ0n) is 12.7. The first-order valence-corrected chi connectivity index (χ1v) is 8.61. The zero-order valence-corrected chi connectivity index (χ0v) is 13.5. The quantitative estimate of drug-likeness (QED) is 0.407. The SMILES string of the molecule is O=c1[nH]c(SCCCCOc2ccccc2)nc2ccccc12. The molecular weight excluding hydrogens is 308 g/mol. The Morgan fingerprint density at radius 2 is 1.78 bits per heavy atom. The number of fused-ring (bicyclic) bond motifs is 1. The van der Waals surface area contributed by atoms with Gasteiger partial charge in [-0.3, -0.25) is 4.79 Å². The molecule has 1 aromatic heterocycles. The number of nitrogens with one attached hydrogen (secondary N) is 1. The van der Waals surface area contributed by atoms with Gasteiger partial charge in [0.15, 0.2) is 5.16 Å². The third-order valence-corrected chi connectivity index (χ3v) is 4.34. The fourth-order valence-corrected chi connectivity index (χ4v) is 3.08. The molecule has 1 N–H and O–H groups in total. The first-order chi connectivity index (χ1) is 11.3. The number of aromatic amines is 1. The van der Waals surface area contributed by atoms with Gasteiger partial charge in [-0.1, -0.05) is 42.1 Å². The van der Waals surface area contributed by atoms with Crippen molar-refractivity contribution in [3.8, 4) is 5.75 Å². The number of rotatable bonds is 7. The summed E-state index contributed by atoms with van der Waals surface area (Å²) in [7, 11) is 0. The Balaban J connectivity index is 1.45. The summed E-state index contributed by atoms with van der Waals surface area (Å²) in [5.41, 5.74) is 0.664. The van der Waals surface area contributed by atoms with E-state index in [1.807, 2.05) is 48.5 Å². The Labute approximate surface area is 138 Å². The van der Waals surface area contributed by atoms with Gasteiger partial charge in [-0.2, -0.15) is 0 Å². The minimum atomic E-state index is -0.0782. The van der Waals surface area contributed by atoms with Crippen LogP contribution in [0.25, 0.3) is 10.9 Å². The molecule has 0 aliphatic carbocycles. The van der Waals surface area contributed by atoms with Gasteiger partial charge >= 0.3 is 0 Å². The summed E-state index contributed by atoms with van der Waals surface area (Å²) in [6, 6.07) is 17.2. The molecule has 2 aromatic carbocycles. The van der Waals surface area contributed by atoms with Crippen molar-refractivity contribution < 1.29 is 4.74 Å². The van der Waals surface area contributed by atoms with E-state index < -0.39 is 0 Å². The molecule has 23 heavy (non-hydrogen) atoms. The van der Waals surface area contributed by atoms with Crippen molar-refractivity contribution in [3.63, 3.8) is 0 Å². The Kier molecular flexibility index (Phi) is 5.32. The standard InChI is InChI=1S/C18H18N2O2S/c21-17-15-10-4-5-11-16(15)19-18(20-17)23-13-7-6-12-22-14-8-2-1-3-9-14/h1-5,8-11H,6-7,12-13H2,(H,19,20,21). The van der Waals surface area contributed by atoms with Gasteiger partial charge in [-0.25, -0.2) is 4.98 Å². The fourth-order valence-electron chi connectivity index (χ4n) is 2.21. The van der Waals surface area contributed by atoms with Crippen LogP contribution in [0.1, 0.15) is 12.8 Å². The second-order valence-corrected chi connectivity index (χ2v) is 6.19. The molecule has 0 saturated carbocycles. The lowest BCUT2D eigenvalue weighted by Crippen LogP contribution is -2.09. The highest BCUT2D eigenvalue weighted by molar-refractivity contribution is 7.99. The molecule has 0 spiro atoms. The molecule has 3 aromatic rings. The normalized spacial score (nSPS) is 10.8. The molecule has 0 amide bonds. The number of H-pyrrole nitrogens is 1. The molecule has 3 rings (SSSR count). The molecule has 0 bridgehead atoms. The molecule has 5 heteroatoms. The minimum absolute atomic E-state index is 0.0782.